The van der Waals surface area contributed by atoms with E-state index in [1.807, 2.05) is 18.2 Å². The van der Waals surface area contributed by atoms with Crippen molar-refractivity contribution in [3.8, 4) is 0 Å². The number of fused-ring (bicyclic) bond motifs is 1. The minimum atomic E-state index is -0.417. The largest absolute Gasteiger partial charge is 0.390 e. The normalized spacial score (nSPS) is 22.8. The van der Waals surface area contributed by atoms with Crippen molar-refractivity contribution < 1.29 is 5.11 Å². The molecular formula is C27H33N7O. The lowest BCUT2D eigenvalue weighted by Gasteiger charge is -2.47. The number of benzene rings is 1. The molecule has 0 spiro atoms. The van der Waals surface area contributed by atoms with Crippen molar-refractivity contribution in [3.05, 3.63) is 66.0 Å². The molecule has 5 heterocycles. The first-order chi connectivity index (χ1) is 17.2. The summed E-state index contributed by atoms with van der Waals surface area (Å²) in [6, 6.07) is 16.7. The van der Waals surface area contributed by atoms with Crippen LogP contribution in [0.4, 0.5) is 23.3 Å². The second-order valence-corrected chi connectivity index (χ2v) is 9.77. The minimum absolute atomic E-state index is 0.100. The van der Waals surface area contributed by atoms with Crippen LogP contribution in [0.2, 0.25) is 0 Å². The fourth-order valence-electron chi connectivity index (χ4n) is 5.71. The van der Waals surface area contributed by atoms with Crippen LogP contribution in [0.5, 0.6) is 0 Å². The lowest BCUT2D eigenvalue weighted by molar-refractivity contribution is 0.0191. The second kappa shape index (κ2) is 9.79. The molecule has 2 aromatic heterocycles. The first kappa shape index (κ1) is 22.2. The lowest BCUT2D eigenvalue weighted by Crippen LogP contribution is -2.59. The summed E-state index contributed by atoms with van der Waals surface area (Å²) < 4.78 is 0. The van der Waals surface area contributed by atoms with Gasteiger partial charge in [-0.15, -0.1) is 0 Å². The van der Waals surface area contributed by atoms with Crippen LogP contribution >= 0.6 is 0 Å². The highest BCUT2D eigenvalue weighted by Crippen LogP contribution is 2.31. The number of anilines is 4. The third-order valence-corrected chi connectivity index (χ3v) is 7.46. The molecule has 0 radical (unpaired) electrons. The van der Waals surface area contributed by atoms with Crippen LogP contribution in [-0.2, 0) is 13.0 Å². The predicted molar refractivity (Wildman–Crippen MR) is 138 cm³/mol. The van der Waals surface area contributed by atoms with E-state index in [4.69, 9.17) is 4.98 Å². The number of nitrogens with zero attached hydrogens (tertiary/aromatic N) is 6. The van der Waals surface area contributed by atoms with Crippen molar-refractivity contribution in [3.63, 3.8) is 0 Å². The Kier molecular flexibility index (Phi) is 6.22. The molecule has 2 N–H and O–H groups in total. The molecule has 2 saturated heterocycles. The number of aliphatic hydroxyl groups is 1. The van der Waals surface area contributed by atoms with Crippen LogP contribution in [0.15, 0.2) is 54.9 Å². The number of pyridine rings is 1. The van der Waals surface area contributed by atoms with E-state index >= 15 is 0 Å². The zero-order valence-corrected chi connectivity index (χ0v) is 20.1. The summed E-state index contributed by atoms with van der Waals surface area (Å²) >= 11 is 0. The van der Waals surface area contributed by atoms with Crippen molar-refractivity contribution in [2.75, 3.05) is 41.3 Å². The van der Waals surface area contributed by atoms with Crippen LogP contribution < -0.4 is 15.1 Å². The third-order valence-electron chi connectivity index (χ3n) is 7.46. The summed E-state index contributed by atoms with van der Waals surface area (Å²) in [7, 11) is 0. The number of aromatic nitrogens is 3. The van der Waals surface area contributed by atoms with E-state index in [1.165, 1.54) is 24.0 Å². The smallest absolute Gasteiger partial charge is 0.137 e. The van der Waals surface area contributed by atoms with Crippen LogP contribution in [0.3, 0.4) is 0 Å². The molecule has 8 nitrogen and oxygen atoms in total. The Labute approximate surface area is 206 Å². The molecular weight excluding hydrogens is 438 g/mol. The molecule has 0 bridgehead atoms. The molecule has 0 saturated carbocycles. The average Bonchev–Trinajstić information content (AvgIpc) is 3.44. The minimum Gasteiger partial charge on any atom is -0.390 e. The van der Waals surface area contributed by atoms with Crippen LogP contribution in [-0.4, -0.2) is 63.4 Å². The highest BCUT2D eigenvalue weighted by atomic mass is 16.3. The first-order valence-electron chi connectivity index (χ1n) is 12.8. The van der Waals surface area contributed by atoms with Gasteiger partial charge < -0.3 is 20.2 Å². The molecule has 182 valence electrons. The van der Waals surface area contributed by atoms with Gasteiger partial charge in [0.2, 0.25) is 0 Å². The summed E-state index contributed by atoms with van der Waals surface area (Å²) in [5, 5.41) is 14.5. The fraction of sp³-hybridized carbons (Fsp3) is 0.444. The number of aliphatic hydroxyl groups excluding tert-OH is 1. The van der Waals surface area contributed by atoms with Gasteiger partial charge in [0.05, 0.1) is 6.10 Å². The van der Waals surface area contributed by atoms with Crippen molar-refractivity contribution in [1.82, 2.24) is 19.9 Å². The Hall–Kier alpha value is -3.23. The maximum Gasteiger partial charge on any atom is 0.137 e. The molecule has 2 fully saturated rings. The Morgan fingerprint density at radius 1 is 0.829 bits per heavy atom. The summed E-state index contributed by atoms with van der Waals surface area (Å²) in [6.45, 7) is 4.76. The van der Waals surface area contributed by atoms with Crippen LogP contribution in [0.1, 0.15) is 36.8 Å². The van der Waals surface area contributed by atoms with Crippen molar-refractivity contribution in [2.45, 2.75) is 50.9 Å². The van der Waals surface area contributed by atoms with Crippen LogP contribution in [0.25, 0.3) is 0 Å². The van der Waals surface area contributed by atoms with Gasteiger partial charge in [0.25, 0.3) is 0 Å². The highest BCUT2D eigenvalue weighted by Gasteiger charge is 2.37. The molecule has 35 heavy (non-hydrogen) atoms. The van der Waals surface area contributed by atoms with E-state index in [9.17, 15) is 5.11 Å². The molecule has 3 aromatic rings. The maximum absolute atomic E-state index is 11.1. The summed E-state index contributed by atoms with van der Waals surface area (Å²) in [4.78, 5) is 20.9. The fourth-order valence-corrected chi connectivity index (χ4v) is 5.71. The van der Waals surface area contributed by atoms with Crippen molar-refractivity contribution in [1.29, 1.82) is 0 Å². The maximum atomic E-state index is 11.1. The van der Waals surface area contributed by atoms with Gasteiger partial charge in [0, 0.05) is 38.8 Å². The lowest BCUT2D eigenvalue weighted by atomic mass is 9.96. The molecule has 1 aromatic carbocycles. The van der Waals surface area contributed by atoms with Gasteiger partial charge in [-0.2, -0.15) is 0 Å². The Morgan fingerprint density at radius 3 is 2.57 bits per heavy atom. The van der Waals surface area contributed by atoms with E-state index in [0.29, 0.717) is 5.82 Å². The third kappa shape index (κ3) is 4.68. The summed E-state index contributed by atoms with van der Waals surface area (Å²) in [5.41, 5.74) is 2.77. The van der Waals surface area contributed by atoms with Gasteiger partial charge in [0.15, 0.2) is 0 Å². The van der Waals surface area contributed by atoms with Gasteiger partial charge in [-0.05, 0) is 55.4 Å². The summed E-state index contributed by atoms with van der Waals surface area (Å²) in [6.07, 6.45) is 6.28. The van der Waals surface area contributed by atoms with E-state index in [0.717, 1.165) is 69.4 Å². The van der Waals surface area contributed by atoms with Gasteiger partial charge in [-0.3, -0.25) is 4.90 Å². The van der Waals surface area contributed by atoms with Crippen molar-refractivity contribution >= 4 is 23.3 Å². The zero-order valence-electron chi connectivity index (χ0n) is 20.1. The monoisotopic (exact) mass is 471 g/mol. The molecule has 6 rings (SSSR count). The molecule has 3 aliphatic rings. The molecule has 0 aliphatic carbocycles. The Morgan fingerprint density at radius 2 is 1.69 bits per heavy atom. The number of rotatable bonds is 5. The summed E-state index contributed by atoms with van der Waals surface area (Å²) in [5.74, 6) is 3.33. The van der Waals surface area contributed by atoms with E-state index in [-0.39, 0.29) is 6.17 Å². The topological polar surface area (TPSA) is 80.7 Å². The Bertz CT molecular complexity index is 1170. The second-order valence-electron chi connectivity index (χ2n) is 9.77. The van der Waals surface area contributed by atoms with E-state index in [2.05, 4.69) is 60.3 Å². The number of nitrogens with one attached hydrogen (secondary N) is 1. The zero-order chi connectivity index (χ0) is 23.6. The Balaban J connectivity index is 1.23. The number of hydrogen-bond donors (Lipinski definition) is 2. The molecule has 3 aliphatic heterocycles. The van der Waals surface area contributed by atoms with Gasteiger partial charge in [-0.25, -0.2) is 15.0 Å². The standard InChI is InChI=1S/C27H33N7O/c35-22-9-6-15-34(27(22)33-16-12-20-7-1-2-8-21(20)18-33)26-17-24(28-19-29-26)30-23-10-5-11-25(31-23)32-13-3-4-14-32/h1-2,5,7-8,10-11,17,19,22,27,35H,3-4,6,9,12-16,18H2,(H,28,29,30,31). The molecule has 2 unspecified atom stereocenters. The average molecular weight is 472 g/mol. The number of hydrogen-bond acceptors (Lipinski definition) is 8. The quantitative estimate of drug-likeness (QED) is 0.585. The van der Waals surface area contributed by atoms with Gasteiger partial charge >= 0.3 is 0 Å². The molecule has 2 atom stereocenters. The molecule has 8 heteroatoms. The van der Waals surface area contributed by atoms with Gasteiger partial charge in [-0.1, -0.05) is 30.3 Å². The first-order valence-corrected chi connectivity index (χ1v) is 12.8. The number of piperidine rings is 1. The van der Waals surface area contributed by atoms with Crippen LogP contribution in [0, 0.1) is 0 Å². The SMILES string of the molecule is OC1CCCN(c2cc(Nc3cccc(N4CCCC4)n3)ncn2)C1N1CCc2ccccc2C1. The molecule has 0 amide bonds. The van der Waals surface area contributed by atoms with E-state index in [1.54, 1.807) is 6.33 Å². The van der Waals surface area contributed by atoms with Crippen molar-refractivity contribution in [2.24, 2.45) is 0 Å². The predicted octanol–water partition coefficient (Wildman–Crippen LogP) is 3.56. The highest BCUT2D eigenvalue weighted by molar-refractivity contribution is 5.59. The van der Waals surface area contributed by atoms with Gasteiger partial charge in [0.1, 0.15) is 35.8 Å². The van der Waals surface area contributed by atoms with E-state index < -0.39 is 6.10 Å².